The smallest absolute Gasteiger partial charge is 0.228 e. The molecule has 0 bridgehead atoms. The summed E-state index contributed by atoms with van der Waals surface area (Å²) in [5, 5.41) is -0.422. The number of hydrogen-bond acceptors (Lipinski definition) is 1. The maximum absolute atomic E-state index is 12.6. The van der Waals surface area contributed by atoms with Gasteiger partial charge in [0.25, 0.3) is 0 Å². The van der Waals surface area contributed by atoms with Crippen LogP contribution in [0.1, 0.15) is 0 Å². The third-order valence-corrected chi connectivity index (χ3v) is 1.54. The Labute approximate surface area is 71.7 Å². The molecule has 0 N–H and O–H groups in total. The number of benzene rings is 1. The van der Waals surface area contributed by atoms with Gasteiger partial charge in [0.2, 0.25) is 6.86 Å². The Morgan fingerprint density at radius 2 is 2.00 bits per heavy atom. The highest BCUT2D eigenvalue weighted by Crippen LogP contribution is 2.28. The van der Waals surface area contributed by atoms with Gasteiger partial charge < -0.3 is 4.74 Å². The van der Waals surface area contributed by atoms with Gasteiger partial charge in [0.05, 0.1) is 0 Å². The van der Waals surface area contributed by atoms with Gasteiger partial charge in [-0.1, -0.05) is 11.6 Å². The van der Waals surface area contributed by atoms with Crippen molar-refractivity contribution >= 4 is 11.6 Å². The maximum Gasteiger partial charge on any atom is 0.228 e. The van der Waals surface area contributed by atoms with E-state index in [4.69, 9.17) is 11.6 Å². The van der Waals surface area contributed by atoms with E-state index in [1.165, 1.54) is 0 Å². The topological polar surface area (TPSA) is 9.23 Å². The third-order valence-electron chi connectivity index (χ3n) is 1.17. The molecule has 0 fully saturated rings. The molecule has 0 radical (unpaired) electrons. The van der Waals surface area contributed by atoms with Crippen molar-refractivity contribution in [3.63, 3.8) is 0 Å². The molecular formula is C7H4ClF3O. The van der Waals surface area contributed by atoms with Crippen LogP contribution in [-0.2, 0) is 0 Å². The van der Waals surface area contributed by atoms with Crippen molar-refractivity contribution < 1.29 is 17.9 Å². The van der Waals surface area contributed by atoms with Crippen molar-refractivity contribution in [3.8, 4) is 5.75 Å². The van der Waals surface area contributed by atoms with Crippen LogP contribution in [0.5, 0.6) is 5.75 Å². The lowest BCUT2D eigenvalue weighted by Crippen LogP contribution is -1.93. The molecule has 0 amide bonds. The van der Waals surface area contributed by atoms with Crippen LogP contribution in [-0.4, -0.2) is 6.86 Å². The average molecular weight is 197 g/mol. The molecule has 66 valence electrons. The van der Waals surface area contributed by atoms with Crippen LogP contribution in [0.2, 0.25) is 5.02 Å². The second-order valence-corrected chi connectivity index (χ2v) is 2.33. The van der Waals surface area contributed by atoms with Gasteiger partial charge in [0.1, 0.15) is 22.4 Å². The monoisotopic (exact) mass is 196 g/mol. The molecule has 1 aromatic carbocycles. The first kappa shape index (κ1) is 9.19. The van der Waals surface area contributed by atoms with E-state index >= 15 is 0 Å². The highest BCUT2D eigenvalue weighted by atomic mass is 35.5. The molecular weight excluding hydrogens is 193 g/mol. The second kappa shape index (κ2) is 3.67. The Balaban J connectivity index is 3.09. The molecule has 0 aromatic heterocycles. The van der Waals surface area contributed by atoms with Gasteiger partial charge in [0.15, 0.2) is 0 Å². The minimum Gasteiger partial charge on any atom is -0.461 e. The van der Waals surface area contributed by atoms with Gasteiger partial charge in [-0.15, -0.1) is 0 Å². The highest BCUT2D eigenvalue weighted by molar-refractivity contribution is 6.32. The average Bonchev–Trinajstić information content (AvgIpc) is 2.00. The first-order valence-corrected chi connectivity index (χ1v) is 3.36. The molecule has 1 nitrogen and oxygen atoms in total. The fourth-order valence-corrected chi connectivity index (χ4v) is 0.860. The zero-order chi connectivity index (χ0) is 9.14. The lowest BCUT2D eigenvalue weighted by molar-refractivity contribution is 0.190. The fourth-order valence-electron chi connectivity index (χ4n) is 0.696. The van der Waals surface area contributed by atoms with E-state index in [-0.39, 0.29) is 5.75 Å². The minimum absolute atomic E-state index is 0.336. The van der Waals surface area contributed by atoms with Crippen molar-refractivity contribution in [2.45, 2.75) is 0 Å². The molecule has 12 heavy (non-hydrogen) atoms. The molecule has 0 unspecified atom stereocenters. The molecule has 0 heterocycles. The van der Waals surface area contributed by atoms with Crippen LogP contribution in [0.4, 0.5) is 13.2 Å². The van der Waals surface area contributed by atoms with Crippen molar-refractivity contribution in [3.05, 3.63) is 28.8 Å². The zero-order valence-corrected chi connectivity index (χ0v) is 6.54. The van der Waals surface area contributed by atoms with Gasteiger partial charge in [0, 0.05) is 12.1 Å². The zero-order valence-electron chi connectivity index (χ0n) is 5.78. The Kier molecular flexibility index (Phi) is 2.81. The molecule has 0 saturated heterocycles. The van der Waals surface area contributed by atoms with E-state index in [2.05, 4.69) is 4.74 Å². The molecule has 0 saturated carbocycles. The third kappa shape index (κ3) is 1.82. The summed E-state index contributed by atoms with van der Waals surface area (Å²) < 4.78 is 40.8. The highest BCUT2D eigenvalue weighted by Gasteiger charge is 2.09. The van der Waals surface area contributed by atoms with Crippen LogP contribution >= 0.6 is 11.6 Å². The van der Waals surface area contributed by atoms with E-state index in [9.17, 15) is 13.2 Å². The van der Waals surface area contributed by atoms with E-state index < -0.39 is 23.5 Å². The molecule has 1 aromatic rings. The summed E-state index contributed by atoms with van der Waals surface area (Å²) in [5.74, 6) is -2.17. The summed E-state index contributed by atoms with van der Waals surface area (Å²) in [7, 11) is 0. The Morgan fingerprint density at radius 1 is 1.33 bits per heavy atom. The minimum atomic E-state index is -1.18. The van der Waals surface area contributed by atoms with E-state index in [0.717, 1.165) is 6.07 Å². The molecule has 0 atom stereocenters. The fraction of sp³-hybridized carbons (Fsp3) is 0.143. The maximum atomic E-state index is 12.6. The Hall–Kier alpha value is -0.900. The van der Waals surface area contributed by atoms with E-state index in [0.29, 0.717) is 6.07 Å². The molecule has 0 spiro atoms. The van der Waals surface area contributed by atoms with Crippen LogP contribution in [0, 0.1) is 11.6 Å². The van der Waals surface area contributed by atoms with Gasteiger partial charge in [-0.2, -0.15) is 0 Å². The van der Waals surface area contributed by atoms with Crippen LogP contribution in [0.3, 0.4) is 0 Å². The van der Waals surface area contributed by atoms with Crippen LogP contribution in [0.15, 0.2) is 12.1 Å². The van der Waals surface area contributed by atoms with Crippen molar-refractivity contribution in [2.75, 3.05) is 6.86 Å². The van der Waals surface area contributed by atoms with Crippen LogP contribution in [0.25, 0.3) is 0 Å². The molecule has 0 aliphatic carbocycles. The molecule has 1 rings (SSSR count). The number of alkyl halides is 1. The molecule has 0 aliphatic heterocycles. The summed E-state index contributed by atoms with van der Waals surface area (Å²) in [6, 6.07) is 1.40. The quantitative estimate of drug-likeness (QED) is 0.661. The largest absolute Gasteiger partial charge is 0.461 e. The predicted molar refractivity (Wildman–Crippen MR) is 38.0 cm³/mol. The second-order valence-electron chi connectivity index (χ2n) is 1.95. The summed E-state index contributed by atoms with van der Waals surface area (Å²) in [6.07, 6.45) is 0. The summed E-state index contributed by atoms with van der Waals surface area (Å²) >= 11 is 5.31. The summed E-state index contributed by atoms with van der Waals surface area (Å²) in [6.45, 7) is -1.18. The van der Waals surface area contributed by atoms with E-state index in [1.54, 1.807) is 0 Å². The molecule has 5 heteroatoms. The van der Waals surface area contributed by atoms with Gasteiger partial charge >= 0.3 is 0 Å². The first-order valence-electron chi connectivity index (χ1n) is 2.98. The Bertz CT molecular complexity index is 290. The standard InChI is InChI=1S/C7H4ClF3O/c8-7-5(11)1-4(10)2-6(7)12-3-9/h1-2H,3H2. The Morgan fingerprint density at radius 3 is 2.58 bits per heavy atom. The summed E-state index contributed by atoms with van der Waals surface area (Å²) in [4.78, 5) is 0. The number of hydrogen-bond donors (Lipinski definition) is 0. The van der Waals surface area contributed by atoms with Gasteiger partial charge in [-0.05, 0) is 0 Å². The van der Waals surface area contributed by atoms with E-state index in [1.807, 2.05) is 0 Å². The number of halogens is 4. The van der Waals surface area contributed by atoms with Crippen molar-refractivity contribution in [1.82, 2.24) is 0 Å². The number of rotatable bonds is 2. The lowest BCUT2D eigenvalue weighted by Gasteiger charge is -2.03. The first-order chi connectivity index (χ1) is 5.65. The van der Waals surface area contributed by atoms with Crippen molar-refractivity contribution in [2.24, 2.45) is 0 Å². The lowest BCUT2D eigenvalue weighted by atomic mass is 10.3. The van der Waals surface area contributed by atoms with Gasteiger partial charge in [-0.3, -0.25) is 0 Å². The molecule has 0 aliphatic rings. The summed E-state index contributed by atoms with van der Waals surface area (Å²) in [5.41, 5.74) is 0. The SMILES string of the molecule is FCOc1cc(F)cc(F)c1Cl. The van der Waals surface area contributed by atoms with Crippen LogP contribution < -0.4 is 4.74 Å². The predicted octanol–water partition coefficient (Wildman–Crippen LogP) is 2.92. The van der Waals surface area contributed by atoms with Gasteiger partial charge in [-0.25, -0.2) is 13.2 Å². The van der Waals surface area contributed by atoms with Crippen molar-refractivity contribution in [1.29, 1.82) is 0 Å². The normalized spacial score (nSPS) is 10.0. The number of ether oxygens (including phenoxy) is 1.